The Morgan fingerprint density at radius 2 is 1.57 bits per heavy atom. The molecule has 0 heterocycles. The Bertz CT molecular complexity index is 1480. The van der Waals surface area contributed by atoms with Crippen LogP contribution in [0.1, 0.15) is 48.8 Å². The minimum atomic E-state index is -3.95. The molecule has 1 N–H and O–H groups in total. The second-order valence-corrected chi connectivity index (χ2v) is 13.8. The average Bonchev–Trinajstić information content (AvgIpc) is 2.98. The SMILES string of the molecule is Cc1ccc(S(=O)(=O)N(C)CC(=O)N(Cc2ccc(Cl)c(Cl)c2)[C@H](Cc2ccccc2)C(=O)NC2CCCCC2)cc1. The number of hydrogen-bond donors (Lipinski definition) is 1. The molecule has 0 unspecified atom stereocenters. The van der Waals surface area contributed by atoms with Gasteiger partial charge in [0, 0.05) is 26.1 Å². The lowest BCUT2D eigenvalue weighted by molar-refractivity contribution is -0.141. The van der Waals surface area contributed by atoms with E-state index in [1.54, 1.807) is 30.3 Å². The predicted molar refractivity (Wildman–Crippen MR) is 167 cm³/mol. The van der Waals surface area contributed by atoms with Crippen molar-refractivity contribution in [1.29, 1.82) is 0 Å². The van der Waals surface area contributed by atoms with E-state index in [0.29, 0.717) is 15.6 Å². The van der Waals surface area contributed by atoms with Gasteiger partial charge in [-0.25, -0.2) is 8.42 Å². The fourth-order valence-electron chi connectivity index (χ4n) is 5.19. The number of nitrogens with one attached hydrogen (secondary N) is 1. The molecule has 10 heteroatoms. The van der Waals surface area contributed by atoms with Gasteiger partial charge in [-0.15, -0.1) is 0 Å². The van der Waals surface area contributed by atoms with E-state index in [9.17, 15) is 18.0 Å². The molecule has 2 amide bonds. The molecule has 0 bridgehead atoms. The molecule has 0 saturated heterocycles. The number of sulfonamides is 1. The molecule has 0 aliphatic heterocycles. The van der Waals surface area contributed by atoms with E-state index in [1.807, 2.05) is 37.3 Å². The van der Waals surface area contributed by atoms with Crippen LogP contribution in [0.4, 0.5) is 0 Å². The molecule has 1 saturated carbocycles. The van der Waals surface area contributed by atoms with Gasteiger partial charge in [0.2, 0.25) is 21.8 Å². The number of carbonyl (C=O) groups is 2. The Labute approximate surface area is 258 Å². The Morgan fingerprint density at radius 1 is 0.905 bits per heavy atom. The smallest absolute Gasteiger partial charge is 0.243 e. The first kappa shape index (κ1) is 32.0. The highest BCUT2D eigenvalue weighted by molar-refractivity contribution is 7.89. The second-order valence-electron chi connectivity index (χ2n) is 10.9. The third kappa shape index (κ3) is 8.34. The molecule has 3 aromatic carbocycles. The molecule has 42 heavy (non-hydrogen) atoms. The van der Waals surface area contributed by atoms with Crippen molar-refractivity contribution < 1.29 is 18.0 Å². The van der Waals surface area contributed by atoms with Crippen LogP contribution in [0.2, 0.25) is 10.0 Å². The maximum Gasteiger partial charge on any atom is 0.243 e. The molecule has 1 atom stereocenters. The van der Waals surface area contributed by atoms with E-state index in [2.05, 4.69) is 5.32 Å². The molecule has 4 rings (SSSR count). The van der Waals surface area contributed by atoms with Crippen LogP contribution in [0.5, 0.6) is 0 Å². The van der Waals surface area contributed by atoms with Gasteiger partial charge in [-0.1, -0.05) is 96.6 Å². The Morgan fingerprint density at radius 3 is 2.21 bits per heavy atom. The van der Waals surface area contributed by atoms with Gasteiger partial charge in [-0.05, 0) is 55.2 Å². The van der Waals surface area contributed by atoms with Gasteiger partial charge in [-0.2, -0.15) is 4.31 Å². The average molecular weight is 631 g/mol. The first-order valence-corrected chi connectivity index (χ1v) is 16.3. The highest BCUT2D eigenvalue weighted by Crippen LogP contribution is 2.25. The summed E-state index contributed by atoms with van der Waals surface area (Å²) in [4.78, 5) is 29.5. The monoisotopic (exact) mass is 629 g/mol. The molecule has 1 aliphatic carbocycles. The highest BCUT2D eigenvalue weighted by Gasteiger charge is 2.34. The maximum atomic E-state index is 14.1. The molecule has 7 nitrogen and oxygen atoms in total. The van der Waals surface area contributed by atoms with E-state index < -0.39 is 28.5 Å². The number of likely N-dealkylation sites (N-methyl/N-ethyl adjacent to an activating group) is 1. The van der Waals surface area contributed by atoms with Crippen molar-refractivity contribution in [2.75, 3.05) is 13.6 Å². The zero-order chi connectivity index (χ0) is 30.3. The van der Waals surface area contributed by atoms with Crippen molar-refractivity contribution in [2.24, 2.45) is 0 Å². The summed E-state index contributed by atoms with van der Waals surface area (Å²) in [5.74, 6) is -0.762. The van der Waals surface area contributed by atoms with Crippen LogP contribution in [0, 0.1) is 6.92 Å². The highest BCUT2D eigenvalue weighted by atomic mass is 35.5. The molecule has 224 valence electrons. The first-order chi connectivity index (χ1) is 20.0. The number of aryl methyl sites for hydroxylation is 1. The number of rotatable bonds is 11. The fraction of sp³-hybridized carbons (Fsp3) is 0.375. The van der Waals surface area contributed by atoms with E-state index in [4.69, 9.17) is 23.2 Å². The quantitative estimate of drug-likeness (QED) is 0.281. The number of nitrogens with zero attached hydrogens (tertiary/aromatic N) is 2. The predicted octanol–water partition coefficient (Wildman–Crippen LogP) is 6.01. The van der Waals surface area contributed by atoms with Gasteiger partial charge < -0.3 is 10.2 Å². The van der Waals surface area contributed by atoms with Gasteiger partial charge in [-0.3, -0.25) is 9.59 Å². The molecule has 1 aliphatic rings. The zero-order valence-electron chi connectivity index (χ0n) is 23.9. The lowest BCUT2D eigenvalue weighted by Gasteiger charge is -2.34. The third-order valence-corrected chi connectivity index (χ3v) is 10.2. The molecular weight excluding hydrogens is 593 g/mol. The van der Waals surface area contributed by atoms with Crippen LogP contribution in [0.3, 0.4) is 0 Å². The normalized spacial score (nSPS) is 14.9. The summed E-state index contributed by atoms with van der Waals surface area (Å²) < 4.78 is 27.7. The molecule has 1 fully saturated rings. The molecule has 0 spiro atoms. The van der Waals surface area contributed by atoms with Crippen LogP contribution in [0.15, 0.2) is 77.7 Å². The van der Waals surface area contributed by atoms with E-state index in [1.165, 1.54) is 24.1 Å². The zero-order valence-corrected chi connectivity index (χ0v) is 26.3. The molecule has 3 aromatic rings. The molecular formula is C32H37Cl2N3O4S. The Kier molecular flexibility index (Phi) is 11.1. The lowest BCUT2D eigenvalue weighted by atomic mass is 9.94. The fourth-order valence-corrected chi connectivity index (χ4v) is 6.63. The van der Waals surface area contributed by atoms with Crippen LogP contribution in [-0.4, -0.2) is 55.1 Å². The summed E-state index contributed by atoms with van der Waals surface area (Å²) in [7, 11) is -2.58. The molecule has 0 aromatic heterocycles. The maximum absolute atomic E-state index is 14.1. The third-order valence-electron chi connectivity index (χ3n) is 7.65. The summed E-state index contributed by atoms with van der Waals surface area (Å²) in [6.07, 6.45) is 5.28. The van der Waals surface area contributed by atoms with E-state index in [-0.39, 0.29) is 29.8 Å². The van der Waals surface area contributed by atoms with Crippen molar-refractivity contribution in [3.63, 3.8) is 0 Å². The summed E-state index contributed by atoms with van der Waals surface area (Å²) in [6, 6.07) is 20.2. The van der Waals surface area contributed by atoms with Crippen LogP contribution >= 0.6 is 23.2 Å². The van der Waals surface area contributed by atoms with Crippen molar-refractivity contribution in [3.05, 3.63) is 99.5 Å². The summed E-state index contributed by atoms with van der Waals surface area (Å²) in [6.45, 7) is 1.47. The largest absolute Gasteiger partial charge is 0.352 e. The van der Waals surface area contributed by atoms with Crippen molar-refractivity contribution >= 4 is 45.0 Å². The van der Waals surface area contributed by atoms with Crippen LogP contribution in [-0.2, 0) is 32.6 Å². The van der Waals surface area contributed by atoms with Gasteiger partial charge >= 0.3 is 0 Å². The van der Waals surface area contributed by atoms with Crippen molar-refractivity contribution in [1.82, 2.24) is 14.5 Å². The van der Waals surface area contributed by atoms with Crippen molar-refractivity contribution in [2.45, 2.75) is 69.0 Å². The van der Waals surface area contributed by atoms with Gasteiger partial charge in [0.05, 0.1) is 21.5 Å². The number of carbonyl (C=O) groups excluding carboxylic acids is 2. The standard InChI is InChI=1S/C32H37Cl2N3O4S/c1-23-13-16-27(17-14-23)42(40,41)36(2)22-31(38)37(21-25-15-18-28(33)29(34)19-25)30(20-24-9-5-3-6-10-24)32(39)35-26-11-7-4-8-12-26/h3,5-6,9-10,13-19,26,30H,4,7-8,11-12,20-22H2,1-2H3,(H,35,39)/t30-/m1/s1. The van der Waals surface area contributed by atoms with Gasteiger partial charge in [0.25, 0.3) is 0 Å². The minimum absolute atomic E-state index is 0.0380. The number of halogens is 2. The van der Waals surface area contributed by atoms with Gasteiger partial charge in [0.1, 0.15) is 6.04 Å². The Balaban J connectivity index is 1.67. The van der Waals surface area contributed by atoms with Crippen molar-refractivity contribution in [3.8, 4) is 0 Å². The minimum Gasteiger partial charge on any atom is -0.352 e. The summed E-state index contributed by atoms with van der Waals surface area (Å²) in [5, 5.41) is 3.88. The van der Waals surface area contributed by atoms with Crippen LogP contribution in [0.25, 0.3) is 0 Å². The number of amides is 2. The topological polar surface area (TPSA) is 86.8 Å². The van der Waals surface area contributed by atoms with E-state index in [0.717, 1.165) is 47.5 Å². The van der Waals surface area contributed by atoms with E-state index >= 15 is 0 Å². The number of benzene rings is 3. The second kappa shape index (κ2) is 14.5. The Hall–Kier alpha value is -2.91. The molecule has 0 radical (unpaired) electrons. The number of hydrogen-bond acceptors (Lipinski definition) is 4. The summed E-state index contributed by atoms with van der Waals surface area (Å²) in [5.41, 5.74) is 2.48. The lowest BCUT2D eigenvalue weighted by Crippen LogP contribution is -2.54. The van der Waals surface area contributed by atoms with Gasteiger partial charge in [0.15, 0.2) is 0 Å². The summed E-state index contributed by atoms with van der Waals surface area (Å²) >= 11 is 12.4. The van der Waals surface area contributed by atoms with Crippen LogP contribution < -0.4 is 5.32 Å². The first-order valence-electron chi connectivity index (χ1n) is 14.2.